The van der Waals surface area contributed by atoms with Gasteiger partial charge in [-0.2, -0.15) is 0 Å². The number of aliphatic hydroxyl groups is 1. The van der Waals surface area contributed by atoms with Crippen LogP contribution in [0.15, 0.2) is 11.6 Å². The third-order valence-electron chi connectivity index (χ3n) is 2.53. The highest BCUT2D eigenvalue weighted by Crippen LogP contribution is 2.17. The normalized spacial score (nSPS) is 24.1. The minimum Gasteiger partial charge on any atom is -0.478 e. The molecule has 2 N–H and O–H groups in total. The van der Waals surface area contributed by atoms with Gasteiger partial charge in [-0.25, -0.2) is 4.79 Å². The van der Waals surface area contributed by atoms with Gasteiger partial charge in [0.2, 0.25) is 0 Å². The fourth-order valence-corrected chi connectivity index (χ4v) is 1.89. The fraction of sp³-hybridized carbons (Fsp3) is 0.700. The first-order valence-corrected chi connectivity index (χ1v) is 4.88. The molecule has 0 amide bonds. The standard InChI is InChI=1S/C10H17NO3/c1-8(5-10(13)14)6-11-4-2-3-9(11)7-12/h5,9,12H,2-4,6-7H2,1H3,(H,13,14). The number of aliphatic hydroxyl groups excluding tert-OH is 1. The minimum atomic E-state index is -0.901. The van der Waals surface area contributed by atoms with Crippen molar-refractivity contribution in [3.05, 3.63) is 11.6 Å². The Bertz CT molecular complexity index is 238. The Morgan fingerprint density at radius 3 is 2.93 bits per heavy atom. The van der Waals surface area contributed by atoms with Gasteiger partial charge in [-0.3, -0.25) is 4.90 Å². The highest BCUT2D eigenvalue weighted by molar-refractivity contribution is 5.80. The van der Waals surface area contributed by atoms with Gasteiger partial charge in [0.15, 0.2) is 0 Å². The molecule has 14 heavy (non-hydrogen) atoms. The quantitative estimate of drug-likeness (QED) is 0.646. The SMILES string of the molecule is CC(=CC(=O)O)CN1CCCC1CO. The molecule has 0 aliphatic carbocycles. The third-order valence-corrected chi connectivity index (χ3v) is 2.53. The van der Waals surface area contributed by atoms with Crippen molar-refractivity contribution >= 4 is 5.97 Å². The molecule has 1 saturated heterocycles. The molecule has 0 bridgehead atoms. The second-order valence-corrected chi connectivity index (χ2v) is 3.78. The molecule has 1 aliphatic rings. The van der Waals surface area contributed by atoms with Gasteiger partial charge < -0.3 is 10.2 Å². The number of carboxylic acid groups (broad SMARTS) is 1. The lowest BCUT2D eigenvalue weighted by atomic mass is 10.2. The molecule has 1 rings (SSSR count). The monoisotopic (exact) mass is 199 g/mol. The summed E-state index contributed by atoms with van der Waals surface area (Å²) in [6, 6.07) is 0.215. The van der Waals surface area contributed by atoms with E-state index in [2.05, 4.69) is 4.90 Å². The van der Waals surface area contributed by atoms with E-state index in [9.17, 15) is 4.79 Å². The number of aliphatic carboxylic acids is 1. The zero-order valence-corrected chi connectivity index (χ0v) is 8.44. The van der Waals surface area contributed by atoms with E-state index in [0.29, 0.717) is 6.54 Å². The lowest BCUT2D eigenvalue weighted by molar-refractivity contribution is -0.131. The molecule has 1 atom stereocenters. The maximum Gasteiger partial charge on any atom is 0.328 e. The molecule has 0 aromatic rings. The summed E-state index contributed by atoms with van der Waals surface area (Å²) in [5.41, 5.74) is 0.831. The first kappa shape index (κ1) is 11.2. The Balaban J connectivity index is 2.47. The van der Waals surface area contributed by atoms with Crippen molar-refractivity contribution in [3.63, 3.8) is 0 Å². The number of rotatable bonds is 4. The number of carboxylic acids is 1. The molecule has 4 nitrogen and oxygen atoms in total. The van der Waals surface area contributed by atoms with Gasteiger partial charge in [0, 0.05) is 18.7 Å². The van der Waals surface area contributed by atoms with E-state index < -0.39 is 5.97 Å². The summed E-state index contributed by atoms with van der Waals surface area (Å²) >= 11 is 0. The van der Waals surface area contributed by atoms with Crippen molar-refractivity contribution in [1.29, 1.82) is 0 Å². The summed E-state index contributed by atoms with van der Waals surface area (Å²) in [6.07, 6.45) is 3.33. The van der Waals surface area contributed by atoms with Crippen LogP contribution in [0.5, 0.6) is 0 Å². The summed E-state index contributed by atoms with van der Waals surface area (Å²) < 4.78 is 0. The highest BCUT2D eigenvalue weighted by atomic mass is 16.4. The van der Waals surface area contributed by atoms with Crippen molar-refractivity contribution < 1.29 is 15.0 Å². The van der Waals surface area contributed by atoms with Crippen LogP contribution in [0.1, 0.15) is 19.8 Å². The zero-order chi connectivity index (χ0) is 10.6. The first-order chi connectivity index (χ1) is 6.63. The van der Waals surface area contributed by atoms with Crippen molar-refractivity contribution in [2.75, 3.05) is 19.7 Å². The highest BCUT2D eigenvalue weighted by Gasteiger charge is 2.23. The predicted octanol–water partition coefficient (Wildman–Crippen LogP) is 0.474. The molecule has 4 heteroatoms. The van der Waals surface area contributed by atoms with Crippen LogP contribution in [0.3, 0.4) is 0 Å². The van der Waals surface area contributed by atoms with Gasteiger partial charge in [0.25, 0.3) is 0 Å². The van der Waals surface area contributed by atoms with E-state index in [0.717, 1.165) is 25.0 Å². The van der Waals surface area contributed by atoms with Crippen LogP contribution in [-0.2, 0) is 4.79 Å². The van der Waals surface area contributed by atoms with E-state index in [1.54, 1.807) is 6.92 Å². The van der Waals surface area contributed by atoms with Crippen molar-refractivity contribution in [1.82, 2.24) is 4.90 Å². The van der Waals surface area contributed by atoms with E-state index in [-0.39, 0.29) is 12.6 Å². The maximum absolute atomic E-state index is 10.4. The average molecular weight is 199 g/mol. The van der Waals surface area contributed by atoms with Crippen molar-refractivity contribution in [2.24, 2.45) is 0 Å². The van der Waals surface area contributed by atoms with Crippen LogP contribution >= 0.6 is 0 Å². The Morgan fingerprint density at radius 1 is 1.64 bits per heavy atom. The molecule has 0 aromatic heterocycles. The number of likely N-dealkylation sites (tertiary alicyclic amines) is 1. The van der Waals surface area contributed by atoms with Gasteiger partial charge in [0.05, 0.1) is 6.61 Å². The van der Waals surface area contributed by atoms with Crippen LogP contribution < -0.4 is 0 Å². The number of hydrogen-bond donors (Lipinski definition) is 2. The van der Waals surface area contributed by atoms with Crippen LogP contribution in [-0.4, -0.2) is 46.8 Å². The Morgan fingerprint density at radius 2 is 2.36 bits per heavy atom. The van der Waals surface area contributed by atoms with Crippen LogP contribution in [0.2, 0.25) is 0 Å². The van der Waals surface area contributed by atoms with E-state index in [1.165, 1.54) is 6.08 Å². The molecular formula is C10H17NO3. The first-order valence-electron chi connectivity index (χ1n) is 4.88. The number of carbonyl (C=O) groups is 1. The summed E-state index contributed by atoms with van der Waals surface area (Å²) in [5.74, 6) is -0.901. The largest absolute Gasteiger partial charge is 0.478 e. The minimum absolute atomic E-state index is 0.167. The summed E-state index contributed by atoms with van der Waals surface area (Å²) in [5, 5.41) is 17.6. The lowest BCUT2D eigenvalue weighted by Gasteiger charge is -2.22. The van der Waals surface area contributed by atoms with Crippen molar-refractivity contribution in [3.8, 4) is 0 Å². The average Bonchev–Trinajstić information content (AvgIpc) is 2.50. The molecular weight excluding hydrogens is 182 g/mol. The summed E-state index contributed by atoms with van der Waals surface area (Å²) in [4.78, 5) is 12.5. The second kappa shape index (κ2) is 5.12. The Labute approximate surface area is 83.8 Å². The Hall–Kier alpha value is -0.870. The Kier molecular flexibility index (Phi) is 4.10. The van der Waals surface area contributed by atoms with Gasteiger partial charge in [-0.1, -0.05) is 5.57 Å². The molecule has 0 aromatic carbocycles. The number of hydrogen-bond acceptors (Lipinski definition) is 3. The van der Waals surface area contributed by atoms with Gasteiger partial charge in [-0.15, -0.1) is 0 Å². The van der Waals surface area contributed by atoms with Gasteiger partial charge >= 0.3 is 5.97 Å². The molecule has 1 aliphatic heterocycles. The van der Waals surface area contributed by atoms with Gasteiger partial charge in [0.1, 0.15) is 0 Å². The molecule has 1 heterocycles. The third kappa shape index (κ3) is 3.12. The van der Waals surface area contributed by atoms with Crippen LogP contribution in [0.25, 0.3) is 0 Å². The second-order valence-electron chi connectivity index (χ2n) is 3.78. The van der Waals surface area contributed by atoms with Crippen LogP contribution in [0, 0.1) is 0 Å². The predicted molar refractivity (Wildman–Crippen MR) is 53.1 cm³/mol. The van der Waals surface area contributed by atoms with Crippen LogP contribution in [0.4, 0.5) is 0 Å². The molecule has 0 radical (unpaired) electrons. The van der Waals surface area contributed by atoms with Crippen molar-refractivity contribution in [2.45, 2.75) is 25.8 Å². The number of nitrogens with zero attached hydrogens (tertiary/aromatic N) is 1. The molecule has 0 saturated carbocycles. The van der Waals surface area contributed by atoms with E-state index in [4.69, 9.17) is 10.2 Å². The summed E-state index contributed by atoms with van der Waals surface area (Å²) in [7, 11) is 0. The molecule has 80 valence electrons. The fourth-order valence-electron chi connectivity index (χ4n) is 1.89. The lowest BCUT2D eigenvalue weighted by Crippen LogP contribution is -2.33. The topological polar surface area (TPSA) is 60.8 Å². The van der Waals surface area contributed by atoms with E-state index >= 15 is 0 Å². The maximum atomic E-state index is 10.4. The smallest absolute Gasteiger partial charge is 0.328 e. The summed E-state index contributed by atoms with van der Waals surface area (Å²) in [6.45, 7) is 3.58. The molecule has 0 spiro atoms. The zero-order valence-electron chi connectivity index (χ0n) is 8.44. The van der Waals surface area contributed by atoms with E-state index in [1.807, 2.05) is 0 Å². The van der Waals surface area contributed by atoms with Gasteiger partial charge in [-0.05, 0) is 26.3 Å². The molecule has 1 unspecified atom stereocenters. The molecule has 1 fully saturated rings.